The van der Waals surface area contributed by atoms with Crippen molar-refractivity contribution < 1.29 is 19.4 Å². The SMILES string of the molecule is CCCCCCOc1ccc(C2c3c(-c4cc(Cl)c(C)cc4O)n[nH]c3C(=O)N2CCOC)cc1. The first-order valence-electron chi connectivity index (χ1n) is 12.1. The Morgan fingerprint density at radius 1 is 1.14 bits per heavy atom. The number of phenolic OH excluding ortho intramolecular Hbond substituents is 1. The van der Waals surface area contributed by atoms with Crippen LogP contribution in [-0.2, 0) is 4.74 Å². The summed E-state index contributed by atoms with van der Waals surface area (Å²) in [7, 11) is 1.61. The van der Waals surface area contributed by atoms with Crippen LogP contribution >= 0.6 is 11.6 Å². The first-order chi connectivity index (χ1) is 17.0. The first kappa shape index (κ1) is 25.1. The van der Waals surface area contributed by atoms with Crippen molar-refractivity contribution in [1.29, 1.82) is 0 Å². The number of aromatic amines is 1. The second-order valence-electron chi connectivity index (χ2n) is 8.85. The third-order valence-corrected chi connectivity index (χ3v) is 6.80. The predicted octanol–water partition coefficient (Wildman–Crippen LogP) is 5.89. The standard InChI is InChI=1S/C27H32ClN3O4/c1-4-5-6-7-13-35-19-10-8-18(9-11-19)26-23-24(20-16-21(28)17(2)15-22(20)32)29-30-25(23)27(33)31(26)12-14-34-3/h8-11,15-16,26,32H,4-7,12-14H2,1-3H3,(H,29,30). The highest BCUT2D eigenvalue weighted by Crippen LogP contribution is 2.45. The van der Waals surface area contributed by atoms with E-state index in [-0.39, 0.29) is 17.7 Å². The number of amides is 1. The molecule has 7 nitrogen and oxygen atoms in total. The van der Waals surface area contributed by atoms with E-state index in [4.69, 9.17) is 21.1 Å². The molecule has 1 aromatic heterocycles. The van der Waals surface area contributed by atoms with Gasteiger partial charge in [-0.1, -0.05) is 49.9 Å². The summed E-state index contributed by atoms with van der Waals surface area (Å²) in [5, 5.41) is 18.5. The van der Waals surface area contributed by atoms with Crippen molar-refractivity contribution in [3.05, 3.63) is 63.8 Å². The maximum atomic E-state index is 13.3. The molecule has 0 bridgehead atoms. The summed E-state index contributed by atoms with van der Waals surface area (Å²) in [6.07, 6.45) is 4.60. The fourth-order valence-corrected chi connectivity index (χ4v) is 4.65. The zero-order valence-corrected chi connectivity index (χ0v) is 21.2. The molecule has 35 heavy (non-hydrogen) atoms. The molecule has 186 valence electrons. The molecule has 0 saturated heterocycles. The third kappa shape index (κ3) is 5.16. The van der Waals surface area contributed by atoms with Gasteiger partial charge < -0.3 is 19.5 Å². The topological polar surface area (TPSA) is 87.7 Å². The average Bonchev–Trinajstić information content (AvgIpc) is 3.39. The van der Waals surface area contributed by atoms with E-state index in [1.54, 1.807) is 24.1 Å². The molecule has 8 heteroatoms. The second-order valence-corrected chi connectivity index (χ2v) is 9.26. The summed E-state index contributed by atoms with van der Waals surface area (Å²) in [6, 6.07) is 10.7. The van der Waals surface area contributed by atoms with Gasteiger partial charge >= 0.3 is 0 Å². The Morgan fingerprint density at radius 2 is 1.91 bits per heavy atom. The van der Waals surface area contributed by atoms with Crippen molar-refractivity contribution in [3.8, 4) is 22.8 Å². The van der Waals surface area contributed by atoms with E-state index >= 15 is 0 Å². The molecule has 2 heterocycles. The van der Waals surface area contributed by atoms with Crippen molar-refractivity contribution in [1.82, 2.24) is 15.1 Å². The number of methoxy groups -OCH3 is 1. The number of carbonyl (C=O) groups excluding carboxylic acids is 1. The fraction of sp³-hybridized carbons (Fsp3) is 0.407. The molecule has 2 N–H and O–H groups in total. The number of H-pyrrole nitrogens is 1. The lowest BCUT2D eigenvalue weighted by Gasteiger charge is -2.26. The van der Waals surface area contributed by atoms with Crippen molar-refractivity contribution in [3.63, 3.8) is 0 Å². The number of aromatic hydroxyl groups is 1. The van der Waals surface area contributed by atoms with Gasteiger partial charge in [0.1, 0.15) is 22.9 Å². The highest BCUT2D eigenvalue weighted by molar-refractivity contribution is 6.31. The average molecular weight is 498 g/mol. The van der Waals surface area contributed by atoms with Gasteiger partial charge in [-0.2, -0.15) is 5.10 Å². The van der Waals surface area contributed by atoms with Crippen LogP contribution in [0.15, 0.2) is 36.4 Å². The minimum Gasteiger partial charge on any atom is -0.507 e. The van der Waals surface area contributed by atoms with Crippen LogP contribution in [-0.4, -0.2) is 53.0 Å². The first-order valence-corrected chi connectivity index (χ1v) is 12.4. The maximum Gasteiger partial charge on any atom is 0.273 e. The Balaban J connectivity index is 1.68. The molecular formula is C27H32ClN3O4. The summed E-state index contributed by atoms with van der Waals surface area (Å²) in [5.41, 5.74) is 3.81. The summed E-state index contributed by atoms with van der Waals surface area (Å²) >= 11 is 6.36. The Bertz CT molecular complexity index is 1180. The second kappa shape index (κ2) is 11.1. The summed E-state index contributed by atoms with van der Waals surface area (Å²) in [6.45, 7) is 5.51. The maximum absolute atomic E-state index is 13.3. The minimum absolute atomic E-state index is 0.0644. The van der Waals surface area contributed by atoms with Gasteiger partial charge in [0.05, 0.1) is 19.3 Å². The summed E-state index contributed by atoms with van der Waals surface area (Å²) < 4.78 is 11.2. The van der Waals surface area contributed by atoms with Crippen LogP contribution in [0.4, 0.5) is 0 Å². The van der Waals surface area contributed by atoms with Crippen LogP contribution in [0.1, 0.15) is 65.8 Å². The number of phenols is 1. The number of carbonyl (C=O) groups is 1. The van der Waals surface area contributed by atoms with Crippen LogP contribution in [0, 0.1) is 6.92 Å². The van der Waals surface area contributed by atoms with Crippen LogP contribution in [0.25, 0.3) is 11.3 Å². The monoisotopic (exact) mass is 497 g/mol. The minimum atomic E-state index is -0.389. The Kier molecular flexibility index (Phi) is 7.98. The van der Waals surface area contributed by atoms with E-state index < -0.39 is 0 Å². The number of hydrogen-bond donors (Lipinski definition) is 2. The largest absolute Gasteiger partial charge is 0.507 e. The van der Waals surface area contributed by atoms with E-state index in [0.717, 1.165) is 35.3 Å². The van der Waals surface area contributed by atoms with Crippen LogP contribution in [0.3, 0.4) is 0 Å². The molecule has 1 aliphatic rings. The van der Waals surface area contributed by atoms with Crippen LogP contribution in [0.2, 0.25) is 5.02 Å². The quantitative estimate of drug-likeness (QED) is 0.322. The highest BCUT2D eigenvalue weighted by atomic mass is 35.5. The molecule has 0 radical (unpaired) electrons. The number of benzene rings is 2. The highest BCUT2D eigenvalue weighted by Gasteiger charge is 2.42. The molecule has 4 rings (SSSR count). The molecule has 0 aliphatic carbocycles. The third-order valence-electron chi connectivity index (χ3n) is 6.39. The number of hydrogen-bond acceptors (Lipinski definition) is 5. The zero-order valence-electron chi connectivity index (χ0n) is 20.4. The van der Waals surface area contributed by atoms with Gasteiger partial charge in [0.2, 0.25) is 0 Å². The van der Waals surface area contributed by atoms with Gasteiger partial charge in [0, 0.05) is 29.8 Å². The van der Waals surface area contributed by atoms with Crippen LogP contribution in [0.5, 0.6) is 11.5 Å². The molecule has 3 aromatic rings. The molecule has 1 unspecified atom stereocenters. The smallest absolute Gasteiger partial charge is 0.273 e. The molecule has 0 saturated carbocycles. The van der Waals surface area contributed by atoms with Gasteiger partial charge in [-0.05, 0) is 48.7 Å². The number of nitrogens with one attached hydrogen (secondary N) is 1. The molecular weight excluding hydrogens is 466 g/mol. The number of aromatic nitrogens is 2. The van der Waals surface area contributed by atoms with E-state index in [1.165, 1.54) is 12.8 Å². The zero-order chi connectivity index (χ0) is 24.9. The fourth-order valence-electron chi connectivity index (χ4n) is 4.49. The van der Waals surface area contributed by atoms with Crippen molar-refractivity contribution in [2.75, 3.05) is 26.9 Å². The number of nitrogens with zero attached hydrogens (tertiary/aromatic N) is 2. The van der Waals surface area contributed by atoms with E-state index in [2.05, 4.69) is 17.1 Å². The number of unbranched alkanes of at least 4 members (excludes halogenated alkanes) is 3. The predicted molar refractivity (Wildman–Crippen MR) is 136 cm³/mol. The van der Waals surface area contributed by atoms with Gasteiger partial charge in [0.15, 0.2) is 0 Å². The lowest BCUT2D eigenvalue weighted by atomic mass is 9.95. The number of ether oxygens (including phenoxy) is 2. The van der Waals surface area contributed by atoms with Crippen molar-refractivity contribution in [2.24, 2.45) is 0 Å². The van der Waals surface area contributed by atoms with Gasteiger partial charge in [0.25, 0.3) is 5.91 Å². The van der Waals surface area contributed by atoms with Crippen molar-refractivity contribution in [2.45, 2.75) is 45.6 Å². The van der Waals surface area contributed by atoms with Crippen molar-refractivity contribution >= 4 is 17.5 Å². The van der Waals surface area contributed by atoms with Gasteiger partial charge in [-0.25, -0.2) is 0 Å². The van der Waals surface area contributed by atoms with E-state index in [1.807, 2.05) is 31.2 Å². The Morgan fingerprint density at radius 3 is 2.63 bits per heavy atom. The molecule has 1 amide bonds. The lowest BCUT2D eigenvalue weighted by Crippen LogP contribution is -2.32. The number of fused-ring (bicyclic) bond motifs is 1. The Labute approximate surface area is 211 Å². The molecule has 1 aliphatic heterocycles. The number of halogens is 1. The number of aryl methyl sites for hydroxylation is 1. The summed E-state index contributed by atoms with van der Waals surface area (Å²) in [4.78, 5) is 15.1. The van der Waals surface area contributed by atoms with E-state index in [0.29, 0.717) is 41.7 Å². The van der Waals surface area contributed by atoms with Gasteiger partial charge in [-0.15, -0.1) is 0 Å². The number of rotatable bonds is 11. The van der Waals surface area contributed by atoms with Gasteiger partial charge in [-0.3, -0.25) is 9.89 Å². The normalized spacial score (nSPS) is 15.0. The molecule has 2 aromatic carbocycles. The molecule has 1 atom stereocenters. The lowest BCUT2D eigenvalue weighted by molar-refractivity contribution is 0.0677. The summed E-state index contributed by atoms with van der Waals surface area (Å²) in [5.74, 6) is 0.706. The Hall–Kier alpha value is -3.03. The molecule has 0 spiro atoms. The van der Waals surface area contributed by atoms with E-state index in [9.17, 15) is 9.90 Å². The van der Waals surface area contributed by atoms with Crippen LogP contribution < -0.4 is 4.74 Å². The molecule has 0 fully saturated rings.